The smallest absolute Gasteiger partial charge is 0.355 e. The highest BCUT2D eigenvalue weighted by Crippen LogP contribution is 2.25. The highest BCUT2D eigenvalue weighted by Gasteiger charge is 2.49. The lowest BCUT2D eigenvalue weighted by atomic mass is 9.96. The Bertz CT molecular complexity index is 564. The minimum Gasteiger partial charge on any atom is -0.466 e. The summed E-state index contributed by atoms with van der Waals surface area (Å²) < 4.78 is 36.3. The first-order chi connectivity index (χ1) is 9.38. The molecule has 0 saturated heterocycles. The molecule has 0 bridgehead atoms. The van der Waals surface area contributed by atoms with E-state index in [-0.39, 0.29) is 11.3 Å². The Hall–Kier alpha value is -2.49. The van der Waals surface area contributed by atoms with Crippen molar-refractivity contribution < 1.29 is 27.8 Å². The van der Waals surface area contributed by atoms with Crippen LogP contribution in [-0.4, -0.2) is 31.8 Å². The van der Waals surface area contributed by atoms with Gasteiger partial charge in [-0.2, -0.15) is 0 Å². The third-order valence-corrected chi connectivity index (χ3v) is 2.60. The zero-order chi connectivity index (χ0) is 15.3. The number of benzene rings is 1. The number of carbonyl (C=O) groups excluding carboxylic acids is 2. The highest BCUT2D eigenvalue weighted by atomic mass is 19.1. The molecule has 0 saturated carbocycles. The first kappa shape index (κ1) is 15.6. The largest absolute Gasteiger partial charge is 0.466 e. The Morgan fingerprint density at radius 3 is 2.25 bits per heavy atom. The van der Waals surface area contributed by atoms with Gasteiger partial charge in [0.1, 0.15) is 5.82 Å². The highest BCUT2D eigenvalue weighted by molar-refractivity contribution is 6.03. The number of alkyl halides is 1. The van der Waals surface area contributed by atoms with Crippen LogP contribution in [-0.2, 0) is 25.5 Å². The van der Waals surface area contributed by atoms with Crippen LogP contribution in [0.25, 0.3) is 4.85 Å². The Balaban J connectivity index is 3.14. The molecule has 0 heterocycles. The number of halogens is 2. The van der Waals surface area contributed by atoms with Gasteiger partial charge in [-0.25, -0.2) is 23.2 Å². The van der Waals surface area contributed by atoms with Crippen molar-refractivity contribution in [2.45, 2.75) is 12.1 Å². The van der Waals surface area contributed by atoms with E-state index in [2.05, 4.69) is 14.3 Å². The third kappa shape index (κ3) is 2.91. The van der Waals surface area contributed by atoms with E-state index >= 15 is 0 Å². The monoisotopic (exact) mass is 283 g/mol. The molecule has 0 aliphatic heterocycles. The van der Waals surface area contributed by atoms with E-state index < -0.39 is 29.8 Å². The summed E-state index contributed by atoms with van der Waals surface area (Å²) in [6, 6.07) is 3.26. The number of nitrogens with zero attached hydrogens (tertiary/aromatic N) is 1. The van der Waals surface area contributed by atoms with Crippen molar-refractivity contribution in [1.29, 1.82) is 0 Å². The predicted octanol–water partition coefficient (Wildman–Crippen LogP) is 1.97. The average molecular weight is 283 g/mol. The van der Waals surface area contributed by atoms with Gasteiger partial charge >= 0.3 is 17.6 Å². The molecular weight excluding hydrogens is 272 g/mol. The van der Waals surface area contributed by atoms with Gasteiger partial charge in [-0.1, -0.05) is 12.1 Å². The molecule has 106 valence electrons. The Morgan fingerprint density at radius 2 is 1.85 bits per heavy atom. The van der Waals surface area contributed by atoms with Crippen LogP contribution in [0.1, 0.15) is 5.56 Å². The minimum absolute atomic E-state index is 0.0215. The molecule has 0 spiro atoms. The van der Waals surface area contributed by atoms with Crippen LogP contribution in [0, 0.1) is 12.4 Å². The number of ether oxygens (including phenoxy) is 2. The molecular formula is C13H11F2NO4. The van der Waals surface area contributed by atoms with Gasteiger partial charge in [-0.3, -0.25) is 0 Å². The van der Waals surface area contributed by atoms with E-state index in [0.29, 0.717) is 0 Å². The maximum absolute atomic E-state index is 14.4. The molecule has 5 nitrogen and oxygen atoms in total. The van der Waals surface area contributed by atoms with Crippen LogP contribution in [0.3, 0.4) is 0 Å². The van der Waals surface area contributed by atoms with Gasteiger partial charge in [-0.05, 0) is 11.6 Å². The van der Waals surface area contributed by atoms with Gasteiger partial charge in [0.2, 0.25) is 5.69 Å². The summed E-state index contributed by atoms with van der Waals surface area (Å²) in [5, 5.41) is 0. The molecule has 7 heteroatoms. The van der Waals surface area contributed by atoms with E-state index in [1.807, 2.05) is 0 Å². The first-order valence-corrected chi connectivity index (χ1v) is 5.40. The molecule has 1 aromatic rings. The number of rotatable bonds is 4. The molecule has 20 heavy (non-hydrogen) atoms. The second-order valence-electron chi connectivity index (χ2n) is 3.86. The molecule has 0 aliphatic carbocycles. The topological polar surface area (TPSA) is 57.0 Å². The molecule has 0 amide bonds. The normalized spacial score (nSPS) is 10.6. The fraction of sp³-hybridized carbons (Fsp3) is 0.308. The van der Waals surface area contributed by atoms with Crippen molar-refractivity contribution in [2.24, 2.45) is 0 Å². The Morgan fingerprint density at radius 1 is 1.30 bits per heavy atom. The van der Waals surface area contributed by atoms with E-state index in [9.17, 15) is 18.4 Å². The van der Waals surface area contributed by atoms with Gasteiger partial charge in [0.05, 0.1) is 20.8 Å². The Labute approximate surface area is 113 Å². The average Bonchev–Trinajstić information content (AvgIpc) is 2.45. The lowest BCUT2D eigenvalue weighted by Crippen LogP contribution is -2.46. The van der Waals surface area contributed by atoms with Crippen LogP contribution in [0.5, 0.6) is 0 Å². The van der Waals surface area contributed by atoms with E-state index in [4.69, 9.17) is 6.57 Å². The molecule has 1 rings (SSSR count). The van der Waals surface area contributed by atoms with E-state index in [1.54, 1.807) is 0 Å². The summed E-state index contributed by atoms with van der Waals surface area (Å²) in [5.41, 5.74) is -3.28. The predicted molar refractivity (Wildman–Crippen MR) is 64.2 cm³/mol. The third-order valence-electron chi connectivity index (χ3n) is 2.60. The Kier molecular flexibility index (Phi) is 4.75. The van der Waals surface area contributed by atoms with Crippen molar-refractivity contribution in [3.63, 3.8) is 0 Å². The summed E-state index contributed by atoms with van der Waals surface area (Å²) >= 11 is 0. The summed E-state index contributed by atoms with van der Waals surface area (Å²) in [5.74, 6) is -3.73. The number of hydrogen-bond donors (Lipinski definition) is 0. The lowest BCUT2D eigenvalue weighted by molar-refractivity contribution is -0.171. The van der Waals surface area contributed by atoms with Crippen LogP contribution < -0.4 is 0 Å². The number of methoxy groups -OCH3 is 2. The summed E-state index contributed by atoms with van der Waals surface area (Å²) in [6.45, 7) is 6.69. The lowest BCUT2D eigenvalue weighted by Gasteiger charge is -2.19. The van der Waals surface area contributed by atoms with Crippen molar-refractivity contribution in [2.75, 3.05) is 14.2 Å². The summed E-state index contributed by atoms with van der Waals surface area (Å²) in [6.07, 6.45) is -0.748. The zero-order valence-electron chi connectivity index (χ0n) is 10.8. The zero-order valence-corrected chi connectivity index (χ0v) is 10.8. The standard InChI is InChI=1S/C13H11F2NO4/c1-16-10-5-4-8(6-9(10)14)7-13(15,11(17)19-2)12(18)20-3/h4-6H,7H2,2-3H3. The molecule has 1 aromatic carbocycles. The molecule has 0 aromatic heterocycles. The number of carbonyl (C=O) groups is 2. The molecule has 0 N–H and O–H groups in total. The molecule has 0 fully saturated rings. The molecule has 0 atom stereocenters. The number of hydrogen-bond acceptors (Lipinski definition) is 4. The quantitative estimate of drug-likeness (QED) is 0.481. The van der Waals surface area contributed by atoms with Crippen LogP contribution >= 0.6 is 0 Å². The van der Waals surface area contributed by atoms with E-state index in [1.165, 1.54) is 6.07 Å². The molecule has 0 unspecified atom stereocenters. The van der Waals surface area contributed by atoms with Gasteiger partial charge in [0, 0.05) is 6.42 Å². The van der Waals surface area contributed by atoms with Gasteiger partial charge in [0.25, 0.3) is 0 Å². The second-order valence-corrected chi connectivity index (χ2v) is 3.86. The molecule has 0 aliphatic rings. The van der Waals surface area contributed by atoms with Crippen LogP contribution in [0.15, 0.2) is 18.2 Å². The van der Waals surface area contributed by atoms with Gasteiger partial charge < -0.3 is 9.47 Å². The SMILES string of the molecule is [C-]#[N+]c1ccc(CC(F)(C(=O)OC)C(=O)OC)cc1F. The van der Waals surface area contributed by atoms with Crippen molar-refractivity contribution in [3.8, 4) is 0 Å². The first-order valence-electron chi connectivity index (χ1n) is 5.40. The van der Waals surface area contributed by atoms with Crippen molar-refractivity contribution in [3.05, 3.63) is 41.0 Å². The fourth-order valence-electron chi connectivity index (χ4n) is 1.58. The van der Waals surface area contributed by atoms with Crippen molar-refractivity contribution >= 4 is 17.6 Å². The fourth-order valence-corrected chi connectivity index (χ4v) is 1.58. The maximum atomic E-state index is 14.4. The van der Waals surface area contributed by atoms with Crippen LogP contribution in [0.2, 0.25) is 0 Å². The summed E-state index contributed by atoms with van der Waals surface area (Å²) in [4.78, 5) is 25.7. The van der Waals surface area contributed by atoms with Gasteiger partial charge in [0.15, 0.2) is 0 Å². The van der Waals surface area contributed by atoms with Crippen molar-refractivity contribution in [1.82, 2.24) is 0 Å². The van der Waals surface area contributed by atoms with Gasteiger partial charge in [-0.15, -0.1) is 0 Å². The minimum atomic E-state index is -3.06. The second kappa shape index (κ2) is 6.10. The molecule has 0 radical (unpaired) electrons. The summed E-state index contributed by atoms with van der Waals surface area (Å²) in [7, 11) is 1.84. The van der Waals surface area contributed by atoms with E-state index in [0.717, 1.165) is 26.4 Å². The maximum Gasteiger partial charge on any atom is 0.355 e. The number of esters is 2. The van der Waals surface area contributed by atoms with Crippen LogP contribution in [0.4, 0.5) is 14.5 Å².